The van der Waals surface area contributed by atoms with E-state index in [-0.39, 0.29) is 17.4 Å². The van der Waals surface area contributed by atoms with Crippen LogP contribution in [0, 0.1) is 19.8 Å². The third-order valence-electron chi connectivity index (χ3n) is 4.92. The molecule has 7 heteroatoms. The van der Waals surface area contributed by atoms with Crippen LogP contribution in [0.15, 0.2) is 47.2 Å². The highest BCUT2D eigenvalue weighted by molar-refractivity contribution is 5.80. The normalized spacial score (nSPS) is 16.8. The molecule has 0 aromatic heterocycles. The van der Waals surface area contributed by atoms with Gasteiger partial charge in [0.2, 0.25) is 5.91 Å². The predicted octanol–water partition coefficient (Wildman–Crippen LogP) is 3.28. The quantitative estimate of drug-likeness (QED) is 0.776. The molecule has 0 saturated heterocycles. The Labute approximate surface area is 165 Å². The highest BCUT2D eigenvalue weighted by atomic mass is 19.4. The van der Waals surface area contributed by atoms with Gasteiger partial charge in [0.1, 0.15) is 0 Å². The van der Waals surface area contributed by atoms with Crippen molar-refractivity contribution in [3.8, 4) is 11.1 Å². The molecule has 2 aliphatic rings. The van der Waals surface area contributed by atoms with Gasteiger partial charge in [-0.3, -0.25) is 10.2 Å². The summed E-state index contributed by atoms with van der Waals surface area (Å²) in [6.07, 6.45) is 0.315. The molecule has 0 unspecified atom stereocenters. The number of allylic oxidation sites excluding steroid dienone is 1. The molecule has 1 aliphatic carbocycles. The van der Waals surface area contributed by atoms with Crippen molar-refractivity contribution in [2.45, 2.75) is 32.9 Å². The Hall–Kier alpha value is -3.09. The molecule has 1 saturated carbocycles. The molecule has 1 heterocycles. The van der Waals surface area contributed by atoms with Crippen LogP contribution >= 0.6 is 0 Å². The second kappa shape index (κ2) is 7.06. The van der Waals surface area contributed by atoms with E-state index in [9.17, 15) is 18.0 Å². The first kappa shape index (κ1) is 19.2. The first-order valence-corrected chi connectivity index (χ1v) is 9.36. The van der Waals surface area contributed by atoms with Crippen molar-refractivity contribution in [2.24, 2.45) is 10.9 Å². The Kier molecular flexibility index (Phi) is 4.68. The van der Waals surface area contributed by atoms with Crippen molar-refractivity contribution in [1.82, 2.24) is 10.9 Å². The maximum atomic E-state index is 13.8. The number of aryl methyl sites for hydroxylation is 2. The Morgan fingerprint density at radius 2 is 1.79 bits per heavy atom. The van der Waals surface area contributed by atoms with E-state index in [0.717, 1.165) is 30.0 Å². The molecule has 0 radical (unpaired) electrons. The SMILES string of the molecule is Cc1cc(C)cc(-c2cc3c(cc2C(F)(F)F)=CC(=CNNC(=O)C2CC2)N=3)c1. The average molecular weight is 399 g/mol. The van der Waals surface area contributed by atoms with Gasteiger partial charge in [-0.2, -0.15) is 13.2 Å². The van der Waals surface area contributed by atoms with Crippen LogP contribution in [0.25, 0.3) is 17.2 Å². The first-order valence-electron chi connectivity index (χ1n) is 9.36. The summed E-state index contributed by atoms with van der Waals surface area (Å²) in [6.45, 7) is 3.72. The molecule has 4 rings (SSSR count). The number of carbonyl (C=O) groups is 1. The molecular weight excluding hydrogens is 379 g/mol. The summed E-state index contributed by atoms with van der Waals surface area (Å²) in [6, 6.07) is 8.02. The summed E-state index contributed by atoms with van der Waals surface area (Å²) in [4.78, 5) is 16.0. The summed E-state index contributed by atoms with van der Waals surface area (Å²) >= 11 is 0. The number of benzene rings is 2. The van der Waals surface area contributed by atoms with Crippen LogP contribution in [0.2, 0.25) is 0 Å². The van der Waals surface area contributed by atoms with Gasteiger partial charge in [0.25, 0.3) is 0 Å². The number of halogens is 3. The summed E-state index contributed by atoms with van der Waals surface area (Å²) in [5, 5.41) is 0.862. The number of fused-ring (bicyclic) bond motifs is 1. The third kappa shape index (κ3) is 4.18. The number of amides is 1. The zero-order valence-corrected chi connectivity index (χ0v) is 16.0. The third-order valence-corrected chi connectivity index (χ3v) is 4.92. The Bertz CT molecular complexity index is 1120. The summed E-state index contributed by atoms with van der Waals surface area (Å²) in [5.41, 5.74) is 7.41. The van der Waals surface area contributed by atoms with Gasteiger partial charge in [0, 0.05) is 17.3 Å². The van der Waals surface area contributed by atoms with Crippen LogP contribution in [-0.2, 0) is 11.0 Å². The van der Waals surface area contributed by atoms with Crippen molar-refractivity contribution in [3.63, 3.8) is 0 Å². The second-order valence-electron chi connectivity index (χ2n) is 7.56. The minimum absolute atomic E-state index is 0.0530. The zero-order valence-electron chi connectivity index (χ0n) is 16.0. The van der Waals surface area contributed by atoms with E-state index < -0.39 is 11.7 Å². The second-order valence-corrected chi connectivity index (χ2v) is 7.56. The molecule has 2 aromatic rings. The largest absolute Gasteiger partial charge is 0.417 e. The predicted molar refractivity (Wildman–Crippen MR) is 104 cm³/mol. The van der Waals surface area contributed by atoms with Crippen LogP contribution in [0.3, 0.4) is 0 Å². The molecule has 150 valence electrons. The van der Waals surface area contributed by atoms with E-state index in [2.05, 4.69) is 15.8 Å². The van der Waals surface area contributed by atoms with Crippen molar-refractivity contribution in [1.29, 1.82) is 0 Å². The molecule has 0 spiro atoms. The standard InChI is InChI=1S/C22H20F3N3O/c1-12-5-13(2)7-15(6-12)18-10-20-16(9-19(18)22(23,24)25)8-17(27-20)11-26-28-21(29)14-3-4-14/h5-11,14,26H,3-4H2,1-2H3,(H,28,29). The minimum atomic E-state index is -4.49. The summed E-state index contributed by atoms with van der Waals surface area (Å²) in [5.74, 6) is -0.0360. The Balaban J connectivity index is 1.72. The molecule has 0 atom stereocenters. The van der Waals surface area contributed by atoms with Crippen molar-refractivity contribution in [2.75, 3.05) is 0 Å². The summed E-state index contributed by atoms with van der Waals surface area (Å²) < 4.78 is 41.3. The van der Waals surface area contributed by atoms with E-state index in [1.165, 1.54) is 12.3 Å². The number of rotatable bonds is 4. The van der Waals surface area contributed by atoms with Gasteiger partial charge < -0.3 is 5.43 Å². The molecule has 2 N–H and O–H groups in total. The Morgan fingerprint density at radius 3 is 2.41 bits per heavy atom. The van der Waals surface area contributed by atoms with Gasteiger partial charge in [-0.05, 0) is 56.0 Å². The molecular formula is C22H20F3N3O. The topological polar surface area (TPSA) is 53.5 Å². The van der Waals surface area contributed by atoms with Crippen LogP contribution in [0.4, 0.5) is 13.2 Å². The van der Waals surface area contributed by atoms with Crippen LogP contribution < -0.4 is 21.4 Å². The number of alkyl halides is 3. The van der Waals surface area contributed by atoms with E-state index >= 15 is 0 Å². The average Bonchev–Trinajstić information content (AvgIpc) is 3.39. The van der Waals surface area contributed by atoms with Crippen LogP contribution in [0.1, 0.15) is 29.5 Å². The van der Waals surface area contributed by atoms with Crippen LogP contribution in [0.5, 0.6) is 0 Å². The minimum Gasteiger partial charge on any atom is -0.304 e. The fourth-order valence-corrected chi connectivity index (χ4v) is 3.45. The fraction of sp³-hybridized carbons (Fsp3) is 0.273. The van der Waals surface area contributed by atoms with Crippen molar-refractivity contribution < 1.29 is 18.0 Å². The zero-order chi connectivity index (χ0) is 20.8. The smallest absolute Gasteiger partial charge is 0.304 e. The van der Waals surface area contributed by atoms with E-state index in [1.807, 2.05) is 19.9 Å². The number of nitrogens with zero attached hydrogens (tertiary/aromatic N) is 1. The fourth-order valence-electron chi connectivity index (χ4n) is 3.45. The molecule has 1 fully saturated rings. The first-order chi connectivity index (χ1) is 13.7. The molecule has 0 bridgehead atoms. The highest BCUT2D eigenvalue weighted by Crippen LogP contribution is 2.36. The van der Waals surface area contributed by atoms with Crippen molar-refractivity contribution in [3.05, 3.63) is 69.5 Å². The molecule has 4 nitrogen and oxygen atoms in total. The van der Waals surface area contributed by atoms with E-state index in [1.54, 1.807) is 18.2 Å². The molecule has 1 aliphatic heterocycles. The number of carbonyl (C=O) groups excluding carboxylic acids is 1. The van der Waals surface area contributed by atoms with Gasteiger partial charge >= 0.3 is 6.18 Å². The van der Waals surface area contributed by atoms with Crippen molar-refractivity contribution >= 4 is 12.0 Å². The lowest BCUT2D eigenvalue weighted by Crippen LogP contribution is -2.34. The van der Waals surface area contributed by atoms with Crippen LogP contribution in [-0.4, -0.2) is 5.91 Å². The Morgan fingerprint density at radius 1 is 1.10 bits per heavy atom. The lowest BCUT2D eigenvalue weighted by Gasteiger charge is -2.14. The van der Waals surface area contributed by atoms with Gasteiger partial charge in [0.05, 0.1) is 16.6 Å². The summed E-state index contributed by atoms with van der Waals surface area (Å²) in [7, 11) is 0. The molecule has 1 amide bonds. The van der Waals surface area contributed by atoms with E-state index in [4.69, 9.17) is 0 Å². The van der Waals surface area contributed by atoms with Gasteiger partial charge in [-0.15, -0.1) is 0 Å². The van der Waals surface area contributed by atoms with E-state index in [0.29, 0.717) is 21.8 Å². The lowest BCUT2D eigenvalue weighted by molar-refractivity contribution is -0.137. The monoisotopic (exact) mass is 399 g/mol. The molecule has 29 heavy (non-hydrogen) atoms. The van der Waals surface area contributed by atoms with Gasteiger partial charge in [-0.1, -0.05) is 29.3 Å². The molecule has 2 aromatic carbocycles. The number of hydrazine groups is 1. The number of nitrogens with one attached hydrogen (secondary N) is 2. The maximum Gasteiger partial charge on any atom is 0.417 e. The maximum absolute atomic E-state index is 13.8. The number of hydrogen-bond donors (Lipinski definition) is 2. The lowest BCUT2D eigenvalue weighted by atomic mass is 9.95. The van der Waals surface area contributed by atoms with Gasteiger partial charge in [-0.25, -0.2) is 4.99 Å². The number of hydrogen-bond acceptors (Lipinski definition) is 3. The highest BCUT2D eigenvalue weighted by Gasteiger charge is 2.34. The van der Waals surface area contributed by atoms with Gasteiger partial charge in [0.15, 0.2) is 0 Å².